The molecule has 0 unspecified atom stereocenters. The van der Waals surface area contributed by atoms with Crippen LogP contribution in [0.5, 0.6) is 0 Å². The number of amides is 1. The lowest BCUT2D eigenvalue weighted by atomic mass is 10.4. The molecule has 1 amide bonds. The van der Waals surface area contributed by atoms with E-state index in [-0.39, 0.29) is 12.5 Å². The second-order valence-corrected chi connectivity index (χ2v) is 4.52. The van der Waals surface area contributed by atoms with Crippen LogP contribution in [0, 0.1) is 0 Å². The third-order valence-corrected chi connectivity index (χ3v) is 2.69. The van der Waals surface area contributed by atoms with Crippen molar-refractivity contribution in [2.75, 3.05) is 7.05 Å². The number of aryl methyl sites for hydroxylation is 1. The van der Waals surface area contributed by atoms with E-state index in [9.17, 15) is 4.79 Å². The molecular formula is C11H14ClN5O. The lowest BCUT2D eigenvalue weighted by molar-refractivity contribution is -0.131. The van der Waals surface area contributed by atoms with Gasteiger partial charge in [-0.2, -0.15) is 10.2 Å². The minimum absolute atomic E-state index is 0.0413. The van der Waals surface area contributed by atoms with E-state index in [0.717, 1.165) is 5.69 Å². The first kappa shape index (κ1) is 12.6. The van der Waals surface area contributed by atoms with Gasteiger partial charge in [0.2, 0.25) is 5.91 Å². The van der Waals surface area contributed by atoms with Crippen LogP contribution in [-0.2, 0) is 24.9 Å². The van der Waals surface area contributed by atoms with Crippen LogP contribution in [-0.4, -0.2) is 37.4 Å². The topological polar surface area (TPSA) is 56.0 Å². The Kier molecular flexibility index (Phi) is 3.66. The van der Waals surface area contributed by atoms with Crippen LogP contribution >= 0.6 is 11.6 Å². The number of hydrogen-bond acceptors (Lipinski definition) is 3. The molecule has 2 heterocycles. The second kappa shape index (κ2) is 5.22. The fourth-order valence-electron chi connectivity index (χ4n) is 1.56. The molecule has 0 spiro atoms. The molecule has 0 saturated carbocycles. The number of carbonyl (C=O) groups excluding carboxylic acids is 1. The molecular weight excluding hydrogens is 254 g/mol. The van der Waals surface area contributed by atoms with Crippen molar-refractivity contribution < 1.29 is 4.79 Å². The fourth-order valence-corrected chi connectivity index (χ4v) is 1.72. The third-order valence-electron chi connectivity index (χ3n) is 2.49. The highest BCUT2D eigenvalue weighted by molar-refractivity contribution is 6.30. The van der Waals surface area contributed by atoms with Crippen molar-refractivity contribution in [1.82, 2.24) is 24.5 Å². The van der Waals surface area contributed by atoms with Crippen LogP contribution in [0.2, 0.25) is 5.02 Å². The largest absolute Gasteiger partial charge is 0.338 e. The van der Waals surface area contributed by atoms with Crippen LogP contribution in [0.25, 0.3) is 0 Å². The summed E-state index contributed by atoms with van der Waals surface area (Å²) in [6, 6.07) is 1.88. The van der Waals surface area contributed by atoms with Crippen molar-refractivity contribution in [1.29, 1.82) is 0 Å². The number of likely N-dealkylation sites (N-methyl/N-ethyl adjacent to an activating group) is 1. The molecule has 7 heteroatoms. The summed E-state index contributed by atoms with van der Waals surface area (Å²) in [6.07, 6.45) is 4.97. The Bertz CT molecular complexity index is 547. The molecule has 96 valence electrons. The molecule has 18 heavy (non-hydrogen) atoms. The van der Waals surface area contributed by atoms with E-state index in [1.165, 1.54) is 10.9 Å². The zero-order valence-electron chi connectivity index (χ0n) is 10.2. The third kappa shape index (κ3) is 3.10. The standard InChI is InChI=1S/C11H14ClN5O/c1-15(7-10-3-4-16(2)14-10)11(18)8-17-6-9(12)5-13-17/h3-6H,7-8H2,1-2H3. The Balaban J connectivity index is 1.92. The summed E-state index contributed by atoms with van der Waals surface area (Å²) >= 11 is 5.73. The van der Waals surface area contributed by atoms with Crippen molar-refractivity contribution in [3.63, 3.8) is 0 Å². The van der Waals surface area contributed by atoms with Gasteiger partial charge in [0.25, 0.3) is 0 Å². The van der Waals surface area contributed by atoms with E-state index in [1.807, 2.05) is 19.3 Å². The summed E-state index contributed by atoms with van der Waals surface area (Å²) < 4.78 is 3.22. The Labute approximate surface area is 110 Å². The Morgan fingerprint density at radius 3 is 2.89 bits per heavy atom. The Morgan fingerprint density at radius 1 is 1.56 bits per heavy atom. The Hall–Kier alpha value is -1.82. The quantitative estimate of drug-likeness (QED) is 0.828. The molecule has 0 atom stereocenters. The summed E-state index contributed by atoms with van der Waals surface area (Å²) in [6.45, 7) is 0.657. The van der Waals surface area contributed by atoms with Crippen LogP contribution < -0.4 is 0 Å². The average Bonchev–Trinajstić information content (AvgIpc) is 2.88. The van der Waals surface area contributed by atoms with Gasteiger partial charge in [-0.3, -0.25) is 14.2 Å². The van der Waals surface area contributed by atoms with E-state index in [1.54, 1.807) is 22.8 Å². The maximum atomic E-state index is 11.9. The van der Waals surface area contributed by atoms with Crippen molar-refractivity contribution in [2.24, 2.45) is 7.05 Å². The first-order chi connectivity index (χ1) is 8.54. The van der Waals surface area contributed by atoms with Crippen molar-refractivity contribution in [3.8, 4) is 0 Å². The lowest BCUT2D eigenvalue weighted by Crippen LogP contribution is -2.30. The molecule has 2 aromatic heterocycles. The Morgan fingerprint density at radius 2 is 2.33 bits per heavy atom. The molecule has 0 aliphatic heterocycles. The van der Waals surface area contributed by atoms with Gasteiger partial charge >= 0.3 is 0 Å². The zero-order valence-corrected chi connectivity index (χ0v) is 11.0. The fraction of sp³-hybridized carbons (Fsp3) is 0.364. The molecule has 0 saturated heterocycles. The molecule has 2 aromatic rings. The molecule has 0 bridgehead atoms. The molecule has 0 N–H and O–H groups in total. The van der Waals surface area contributed by atoms with Crippen LogP contribution in [0.15, 0.2) is 24.7 Å². The number of halogens is 1. The highest BCUT2D eigenvalue weighted by atomic mass is 35.5. The van der Waals surface area contributed by atoms with E-state index in [4.69, 9.17) is 11.6 Å². The van der Waals surface area contributed by atoms with Gasteiger partial charge in [-0.15, -0.1) is 0 Å². The van der Waals surface area contributed by atoms with Gasteiger partial charge in [0.1, 0.15) is 6.54 Å². The van der Waals surface area contributed by atoms with Crippen molar-refractivity contribution >= 4 is 17.5 Å². The second-order valence-electron chi connectivity index (χ2n) is 4.09. The summed E-state index contributed by atoms with van der Waals surface area (Å²) in [4.78, 5) is 13.5. The van der Waals surface area contributed by atoms with Gasteiger partial charge in [-0.25, -0.2) is 0 Å². The van der Waals surface area contributed by atoms with Gasteiger partial charge < -0.3 is 4.90 Å². The van der Waals surface area contributed by atoms with Crippen molar-refractivity contribution in [2.45, 2.75) is 13.1 Å². The number of aromatic nitrogens is 4. The normalized spacial score (nSPS) is 10.6. The molecule has 6 nitrogen and oxygen atoms in total. The molecule has 0 fully saturated rings. The SMILES string of the molecule is CN(Cc1ccn(C)n1)C(=O)Cn1cc(Cl)cn1. The smallest absolute Gasteiger partial charge is 0.244 e. The summed E-state index contributed by atoms with van der Waals surface area (Å²) in [5, 5.41) is 8.71. The molecule has 0 aromatic carbocycles. The highest BCUT2D eigenvalue weighted by Gasteiger charge is 2.11. The predicted octanol–water partition coefficient (Wildman–Crippen LogP) is 0.929. The summed E-state index contributed by atoms with van der Waals surface area (Å²) in [5.41, 5.74) is 0.854. The predicted molar refractivity (Wildman–Crippen MR) is 66.9 cm³/mol. The molecule has 2 rings (SSSR count). The number of nitrogens with zero attached hydrogens (tertiary/aromatic N) is 5. The van der Waals surface area contributed by atoms with Crippen molar-refractivity contribution in [3.05, 3.63) is 35.4 Å². The zero-order chi connectivity index (χ0) is 13.1. The average molecular weight is 268 g/mol. The van der Waals surface area contributed by atoms with E-state index in [2.05, 4.69) is 10.2 Å². The van der Waals surface area contributed by atoms with E-state index < -0.39 is 0 Å². The van der Waals surface area contributed by atoms with Crippen LogP contribution in [0.1, 0.15) is 5.69 Å². The summed E-state index contributed by atoms with van der Waals surface area (Å²) in [7, 11) is 3.58. The summed E-state index contributed by atoms with van der Waals surface area (Å²) in [5.74, 6) is -0.0413. The lowest BCUT2D eigenvalue weighted by Gasteiger charge is -2.15. The monoisotopic (exact) mass is 267 g/mol. The van der Waals surface area contributed by atoms with Gasteiger partial charge in [0.05, 0.1) is 23.5 Å². The van der Waals surface area contributed by atoms with Gasteiger partial charge in [-0.1, -0.05) is 11.6 Å². The number of carbonyl (C=O) groups is 1. The van der Waals surface area contributed by atoms with Gasteiger partial charge in [0, 0.05) is 26.5 Å². The first-order valence-electron chi connectivity index (χ1n) is 5.45. The maximum Gasteiger partial charge on any atom is 0.244 e. The number of rotatable bonds is 4. The minimum Gasteiger partial charge on any atom is -0.338 e. The highest BCUT2D eigenvalue weighted by Crippen LogP contribution is 2.05. The van der Waals surface area contributed by atoms with Gasteiger partial charge in [0.15, 0.2) is 0 Å². The number of hydrogen-bond donors (Lipinski definition) is 0. The van der Waals surface area contributed by atoms with Gasteiger partial charge in [-0.05, 0) is 6.07 Å². The minimum atomic E-state index is -0.0413. The van der Waals surface area contributed by atoms with E-state index >= 15 is 0 Å². The van der Waals surface area contributed by atoms with Crippen LogP contribution in [0.3, 0.4) is 0 Å². The molecule has 0 aliphatic carbocycles. The molecule has 0 radical (unpaired) electrons. The van der Waals surface area contributed by atoms with Crippen LogP contribution in [0.4, 0.5) is 0 Å². The first-order valence-corrected chi connectivity index (χ1v) is 5.83. The maximum absolute atomic E-state index is 11.9. The van der Waals surface area contributed by atoms with E-state index in [0.29, 0.717) is 11.6 Å². The molecule has 0 aliphatic rings.